The summed E-state index contributed by atoms with van der Waals surface area (Å²) in [5.41, 5.74) is 1.30. The van der Waals surface area contributed by atoms with Gasteiger partial charge in [-0.1, -0.05) is 5.16 Å². The molecule has 0 bridgehead atoms. The fourth-order valence-corrected chi connectivity index (χ4v) is 1.28. The number of aromatic nitrogens is 1. The van der Waals surface area contributed by atoms with Crippen LogP contribution >= 0.6 is 0 Å². The largest absolute Gasteiger partial charge is 0.479 e. The monoisotopic (exact) mass is 242 g/mol. The van der Waals surface area contributed by atoms with Gasteiger partial charge in [-0.3, -0.25) is 4.79 Å². The van der Waals surface area contributed by atoms with Gasteiger partial charge in [-0.2, -0.15) is 0 Å². The molecule has 94 valence electrons. The molecule has 0 saturated heterocycles. The predicted molar refractivity (Wildman–Crippen MR) is 56.3 cm³/mol. The topological polar surface area (TPSA) is 113 Å². The number of aryl methyl sites for hydroxylation is 2. The van der Waals surface area contributed by atoms with Crippen LogP contribution in [0.1, 0.15) is 17.0 Å². The van der Waals surface area contributed by atoms with Crippen LogP contribution in [0.4, 0.5) is 0 Å². The summed E-state index contributed by atoms with van der Waals surface area (Å²) in [6.45, 7) is 3.08. The molecule has 0 aliphatic heterocycles. The summed E-state index contributed by atoms with van der Waals surface area (Å²) in [5, 5.41) is 23.4. The van der Waals surface area contributed by atoms with Gasteiger partial charge in [-0.15, -0.1) is 0 Å². The van der Waals surface area contributed by atoms with Gasteiger partial charge >= 0.3 is 5.97 Å². The van der Waals surface area contributed by atoms with E-state index in [0.29, 0.717) is 17.0 Å². The molecule has 1 atom stereocenters. The number of carbonyl (C=O) groups is 2. The van der Waals surface area contributed by atoms with E-state index in [2.05, 4.69) is 10.5 Å². The Balaban J connectivity index is 2.48. The Bertz CT molecular complexity index is 407. The quantitative estimate of drug-likeness (QED) is 0.635. The standard InChI is InChI=1S/C10H14N2O5/c1-5-7(6(2)17-12-5)3-9(14)11-4-8(13)10(15)16/h8,13H,3-4H2,1-2H3,(H,11,14)(H,15,16)/t8-/m0/s1. The van der Waals surface area contributed by atoms with Gasteiger partial charge in [-0.25, -0.2) is 4.79 Å². The number of amides is 1. The van der Waals surface area contributed by atoms with Gasteiger partial charge in [0.25, 0.3) is 0 Å². The van der Waals surface area contributed by atoms with E-state index in [1.54, 1.807) is 13.8 Å². The molecule has 0 saturated carbocycles. The molecule has 1 heterocycles. The molecular weight excluding hydrogens is 228 g/mol. The number of rotatable bonds is 5. The van der Waals surface area contributed by atoms with E-state index in [1.165, 1.54) is 0 Å². The molecule has 3 N–H and O–H groups in total. The van der Waals surface area contributed by atoms with Crippen LogP contribution in [0.15, 0.2) is 4.52 Å². The first-order chi connectivity index (χ1) is 7.91. The highest BCUT2D eigenvalue weighted by Crippen LogP contribution is 2.12. The van der Waals surface area contributed by atoms with Crippen LogP contribution in [-0.2, 0) is 16.0 Å². The lowest BCUT2D eigenvalue weighted by Gasteiger charge is -2.07. The molecule has 0 aliphatic carbocycles. The van der Waals surface area contributed by atoms with Crippen LogP contribution in [-0.4, -0.2) is 39.9 Å². The zero-order chi connectivity index (χ0) is 13.0. The van der Waals surface area contributed by atoms with Crippen LogP contribution in [0.2, 0.25) is 0 Å². The van der Waals surface area contributed by atoms with Crippen molar-refractivity contribution in [1.29, 1.82) is 0 Å². The Morgan fingerprint density at radius 2 is 2.12 bits per heavy atom. The number of hydrogen-bond acceptors (Lipinski definition) is 5. The third kappa shape index (κ3) is 3.56. The third-order valence-corrected chi connectivity index (χ3v) is 2.30. The maximum absolute atomic E-state index is 11.5. The molecule has 0 radical (unpaired) electrons. The number of aliphatic hydroxyl groups is 1. The maximum atomic E-state index is 11.5. The summed E-state index contributed by atoms with van der Waals surface area (Å²) in [7, 11) is 0. The average Bonchev–Trinajstić information content (AvgIpc) is 2.57. The van der Waals surface area contributed by atoms with Gasteiger partial charge in [0.2, 0.25) is 5.91 Å². The van der Waals surface area contributed by atoms with Crippen LogP contribution in [0.5, 0.6) is 0 Å². The zero-order valence-electron chi connectivity index (χ0n) is 9.56. The SMILES string of the molecule is Cc1noc(C)c1CC(=O)NC[C@H](O)C(=O)O. The summed E-state index contributed by atoms with van der Waals surface area (Å²) in [4.78, 5) is 21.8. The Kier molecular flexibility index (Phi) is 4.22. The lowest BCUT2D eigenvalue weighted by Crippen LogP contribution is -2.37. The average molecular weight is 242 g/mol. The second kappa shape index (κ2) is 5.44. The number of aliphatic carboxylic acids is 1. The van der Waals surface area contributed by atoms with Crippen molar-refractivity contribution >= 4 is 11.9 Å². The van der Waals surface area contributed by atoms with Gasteiger partial charge in [0.1, 0.15) is 5.76 Å². The van der Waals surface area contributed by atoms with Crippen molar-refractivity contribution in [3.63, 3.8) is 0 Å². The Morgan fingerprint density at radius 3 is 2.59 bits per heavy atom. The first-order valence-electron chi connectivity index (χ1n) is 5.01. The zero-order valence-corrected chi connectivity index (χ0v) is 9.56. The minimum absolute atomic E-state index is 0.0491. The van der Waals surface area contributed by atoms with E-state index in [4.69, 9.17) is 14.7 Å². The van der Waals surface area contributed by atoms with Crippen LogP contribution < -0.4 is 5.32 Å². The molecule has 17 heavy (non-hydrogen) atoms. The lowest BCUT2D eigenvalue weighted by molar-refractivity contribution is -0.146. The minimum atomic E-state index is -1.59. The van der Waals surface area contributed by atoms with E-state index in [-0.39, 0.29) is 18.9 Å². The van der Waals surface area contributed by atoms with Crippen molar-refractivity contribution in [2.45, 2.75) is 26.4 Å². The molecule has 0 spiro atoms. The lowest BCUT2D eigenvalue weighted by atomic mass is 10.1. The third-order valence-electron chi connectivity index (χ3n) is 2.30. The number of aliphatic hydroxyl groups excluding tert-OH is 1. The number of nitrogens with one attached hydrogen (secondary N) is 1. The van der Waals surface area contributed by atoms with E-state index in [9.17, 15) is 9.59 Å². The predicted octanol–water partition coefficient (Wildman–Crippen LogP) is -0.604. The fraction of sp³-hybridized carbons (Fsp3) is 0.500. The fourth-order valence-electron chi connectivity index (χ4n) is 1.28. The van der Waals surface area contributed by atoms with E-state index >= 15 is 0 Å². The number of carbonyl (C=O) groups excluding carboxylic acids is 1. The van der Waals surface area contributed by atoms with Crippen LogP contribution in [0, 0.1) is 13.8 Å². The molecule has 7 heteroatoms. The maximum Gasteiger partial charge on any atom is 0.334 e. The first kappa shape index (κ1) is 13.2. The van der Waals surface area contributed by atoms with Crippen molar-refractivity contribution in [3.05, 3.63) is 17.0 Å². The molecule has 1 amide bonds. The molecule has 1 rings (SSSR count). The number of hydrogen-bond donors (Lipinski definition) is 3. The molecule has 7 nitrogen and oxygen atoms in total. The first-order valence-corrected chi connectivity index (χ1v) is 5.01. The summed E-state index contributed by atoms with van der Waals surface area (Å²) >= 11 is 0. The van der Waals surface area contributed by atoms with E-state index in [0.717, 1.165) is 0 Å². The van der Waals surface area contributed by atoms with Gasteiger partial charge in [0.15, 0.2) is 6.10 Å². The minimum Gasteiger partial charge on any atom is -0.479 e. The Hall–Kier alpha value is -1.89. The van der Waals surface area contributed by atoms with Crippen molar-refractivity contribution in [2.24, 2.45) is 0 Å². The van der Waals surface area contributed by atoms with Gasteiger partial charge in [0.05, 0.1) is 18.7 Å². The number of nitrogens with zero attached hydrogens (tertiary/aromatic N) is 1. The summed E-state index contributed by atoms with van der Waals surface area (Å²) in [5.74, 6) is -1.21. The Morgan fingerprint density at radius 1 is 1.47 bits per heavy atom. The summed E-state index contributed by atoms with van der Waals surface area (Å²) in [6.07, 6.45) is -1.54. The highest BCUT2D eigenvalue weighted by molar-refractivity contribution is 5.80. The van der Waals surface area contributed by atoms with Gasteiger partial charge < -0.3 is 20.1 Å². The van der Waals surface area contributed by atoms with Crippen molar-refractivity contribution < 1.29 is 24.3 Å². The van der Waals surface area contributed by atoms with Crippen LogP contribution in [0.25, 0.3) is 0 Å². The van der Waals surface area contributed by atoms with Gasteiger partial charge in [-0.05, 0) is 13.8 Å². The molecule has 1 aromatic heterocycles. The Labute approximate surface area is 97.4 Å². The van der Waals surface area contributed by atoms with Crippen molar-refractivity contribution in [3.8, 4) is 0 Å². The van der Waals surface area contributed by atoms with Crippen molar-refractivity contribution in [2.75, 3.05) is 6.54 Å². The van der Waals surface area contributed by atoms with Crippen molar-refractivity contribution in [1.82, 2.24) is 10.5 Å². The molecule has 0 aromatic carbocycles. The number of carboxylic acid groups (broad SMARTS) is 1. The summed E-state index contributed by atoms with van der Waals surface area (Å²) in [6, 6.07) is 0. The van der Waals surface area contributed by atoms with Crippen LogP contribution in [0.3, 0.4) is 0 Å². The second-order valence-corrected chi connectivity index (χ2v) is 3.64. The van der Waals surface area contributed by atoms with E-state index in [1.807, 2.05) is 0 Å². The van der Waals surface area contributed by atoms with Gasteiger partial charge in [0, 0.05) is 5.56 Å². The number of carboxylic acids is 1. The molecule has 0 unspecified atom stereocenters. The highest BCUT2D eigenvalue weighted by Gasteiger charge is 2.16. The smallest absolute Gasteiger partial charge is 0.334 e. The second-order valence-electron chi connectivity index (χ2n) is 3.64. The molecule has 0 aliphatic rings. The molecular formula is C10H14N2O5. The van der Waals surface area contributed by atoms with E-state index < -0.39 is 12.1 Å². The molecule has 0 fully saturated rings. The normalized spacial score (nSPS) is 12.2. The summed E-state index contributed by atoms with van der Waals surface area (Å²) < 4.78 is 4.89. The molecule has 1 aromatic rings. The highest BCUT2D eigenvalue weighted by atomic mass is 16.5.